The number of allylic oxidation sites excluding steroid dienone is 2. The second-order valence-corrected chi connectivity index (χ2v) is 21.2. The molecule has 0 saturated heterocycles. The Balaban J connectivity index is 2.13. The Hall–Kier alpha value is -2.82. The number of carbonyl (C=O) groups is 3. The van der Waals surface area contributed by atoms with E-state index in [0.717, 1.165) is 39.2 Å². The second kappa shape index (κ2) is 15.6. The van der Waals surface area contributed by atoms with Gasteiger partial charge >= 0.3 is 12.1 Å². The van der Waals surface area contributed by atoms with E-state index >= 15 is 0 Å². The van der Waals surface area contributed by atoms with Gasteiger partial charge in [-0.15, -0.1) is 17.9 Å². The Bertz CT molecular complexity index is 1470. The first kappa shape index (κ1) is 38.6. The Kier molecular flexibility index (Phi) is 12.8. The van der Waals surface area contributed by atoms with E-state index in [1.807, 2.05) is 32.0 Å². The minimum Gasteiger partial charge on any atom is -0.457 e. The van der Waals surface area contributed by atoms with Crippen LogP contribution in [0.1, 0.15) is 104 Å². The number of cyclic esters (lactones) is 1. The van der Waals surface area contributed by atoms with Crippen LogP contribution in [0.5, 0.6) is 0 Å². The number of aromatic nitrogens is 1. The van der Waals surface area contributed by atoms with Crippen molar-refractivity contribution < 1.29 is 33.4 Å². The third-order valence-electron chi connectivity index (χ3n) is 10.1. The van der Waals surface area contributed by atoms with E-state index in [4.69, 9.17) is 13.9 Å². The van der Waals surface area contributed by atoms with Gasteiger partial charge in [0.2, 0.25) is 0 Å². The SMILES string of the molecule is C=CC[C@H]1C(=O)C(C)(C)[C@@H](O[Si](C)(C)C(C)(C)C)CC(=O)O[C@H](c2ccc3sc(C)nc3c2)C/C=C(/C)CCC[C@H](C)[C@@H]1OC(=O)O. The molecule has 2 heterocycles. The fraction of sp³-hybridized carbons (Fsp3) is 0.622. The number of rotatable bonds is 6. The highest BCUT2D eigenvalue weighted by atomic mass is 32.1. The van der Waals surface area contributed by atoms with Crippen LogP contribution in [-0.2, 0) is 23.5 Å². The fourth-order valence-corrected chi connectivity index (χ4v) is 8.29. The topological polar surface area (TPSA) is 112 Å². The summed E-state index contributed by atoms with van der Waals surface area (Å²) in [5.41, 5.74) is 1.71. The summed E-state index contributed by atoms with van der Waals surface area (Å²) in [7, 11) is -2.50. The van der Waals surface area contributed by atoms with Gasteiger partial charge < -0.3 is 19.0 Å². The van der Waals surface area contributed by atoms with Crippen molar-refractivity contribution in [2.45, 2.75) is 130 Å². The molecule has 10 heteroatoms. The average molecular weight is 686 g/mol. The standard InChI is InChI=1S/C37H55NO7SSi/c1-12-14-27-33(44-35(41)42)24(3)16-13-15-23(2)17-19-29(26-18-20-30-28(21-26)38-25(4)46-30)43-32(39)22-31(37(8,9)34(27)40)45-47(10,11)36(5,6)7/h12,17-18,20-21,24,27,29,31,33H,1,13-16,19,22H2,2-11H3,(H,41,42)/b23-17-/t24-,27+,29-,31-,33-/m0/s1. The molecule has 3 rings (SSSR count). The summed E-state index contributed by atoms with van der Waals surface area (Å²) >= 11 is 1.63. The Labute approximate surface area is 286 Å². The number of esters is 1. The van der Waals surface area contributed by atoms with Gasteiger partial charge in [-0.3, -0.25) is 9.59 Å². The molecule has 0 radical (unpaired) electrons. The predicted molar refractivity (Wildman–Crippen MR) is 191 cm³/mol. The van der Waals surface area contributed by atoms with Crippen LogP contribution in [0, 0.1) is 24.2 Å². The van der Waals surface area contributed by atoms with E-state index < -0.39 is 50.1 Å². The Morgan fingerprint density at radius 3 is 2.53 bits per heavy atom. The van der Waals surface area contributed by atoms with Gasteiger partial charge in [0, 0.05) is 11.8 Å². The first-order valence-corrected chi connectivity index (χ1v) is 20.4. The highest BCUT2D eigenvalue weighted by Gasteiger charge is 2.49. The smallest absolute Gasteiger partial charge is 0.457 e. The van der Waals surface area contributed by atoms with Crippen LogP contribution in [0.25, 0.3) is 10.2 Å². The molecule has 0 saturated carbocycles. The molecule has 0 spiro atoms. The molecule has 0 fully saturated rings. The molecule has 0 aliphatic carbocycles. The summed E-state index contributed by atoms with van der Waals surface area (Å²) in [5.74, 6) is -1.68. The molecule has 47 heavy (non-hydrogen) atoms. The third kappa shape index (κ3) is 9.86. The molecule has 1 N–H and O–H groups in total. The van der Waals surface area contributed by atoms with Gasteiger partial charge in [-0.25, -0.2) is 9.78 Å². The monoisotopic (exact) mass is 685 g/mol. The van der Waals surface area contributed by atoms with E-state index in [-0.39, 0.29) is 29.6 Å². The molecule has 260 valence electrons. The third-order valence-corrected chi connectivity index (χ3v) is 15.5. The Morgan fingerprint density at radius 2 is 1.91 bits per heavy atom. The van der Waals surface area contributed by atoms with Gasteiger partial charge in [0.05, 0.1) is 33.7 Å². The molecule has 1 aromatic heterocycles. The van der Waals surface area contributed by atoms with Crippen molar-refractivity contribution >= 4 is 47.8 Å². The summed E-state index contributed by atoms with van der Waals surface area (Å²) in [6, 6.07) is 6.03. The zero-order valence-corrected chi connectivity index (χ0v) is 31.8. The molecular formula is C37H55NO7SSi. The second-order valence-electron chi connectivity index (χ2n) is 15.2. The van der Waals surface area contributed by atoms with Crippen molar-refractivity contribution in [3.8, 4) is 0 Å². The summed E-state index contributed by atoms with van der Waals surface area (Å²) in [5, 5.41) is 10.5. The number of fused-ring (bicyclic) bond motifs is 1. The van der Waals surface area contributed by atoms with Gasteiger partial charge in [0.25, 0.3) is 0 Å². The lowest BCUT2D eigenvalue weighted by atomic mass is 9.71. The highest BCUT2D eigenvalue weighted by Crippen LogP contribution is 2.43. The summed E-state index contributed by atoms with van der Waals surface area (Å²) in [4.78, 5) is 45.2. The molecule has 2 aromatic rings. The van der Waals surface area contributed by atoms with Crippen LogP contribution in [-0.4, -0.2) is 48.5 Å². The number of benzene rings is 1. The van der Waals surface area contributed by atoms with Crippen LogP contribution in [0.4, 0.5) is 4.79 Å². The lowest BCUT2D eigenvalue weighted by Crippen LogP contribution is -2.53. The normalized spacial score (nSPS) is 26.7. The number of hydrogen-bond donors (Lipinski definition) is 1. The van der Waals surface area contributed by atoms with Crippen molar-refractivity contribution in [1.82, 2.24) is 4.98 Å². The lowest BCUT2D eigenvalue weighted by Gasteiger charge is -2.45. The van der Waals surface area contributed by atoms with Crippen molar-refractivity contribution in [2.75, 3.05) is 0 Å². The van der Waals surface area contributed by atoms with Crippen LogP contribution in [0.3, 0.4) is 0 Å². The first-order valence-electron chi connectivity index (χ1n) is 16.7. The maximum Gasteiger partial charge on any atom is 0.506 e. The number of nitrogens with zero attached hydrogens (tertiary/aromatic N) is 1. The maximum absolute atomic E-state index is 14.7. The molecule has 0 bridgehead atoms. The van der Waals surface area contributed by atoms with Crippen molar-refractivity contribution in [3.05, 3.63) is 53.1 Å². The number of carboxylic acid groups (broad SMARTS) is 1. The number of aryl methyl sites for hydroxylation is 1. The van der Waals surface area contributed by atoms with Crippen molar-refractivity contribution in [2.24, 2.45) is 17.3 Å². The zero-order chi connectivity index (χ0) is 35.3. The fourth-order valence-electron chi connectivity index (χ4n) is 6.04. The number of carbonyl (C=O) groups excluding carboxylic acids is 2. The molecule has 1 aliphatic rings. The van der Waals surface area contributed by atoms with E-state index in [1.165, 1.54) is 0 Å². The van der Waals surface area contributed by atoms with E-state index in [9.17, 15) is 19.5 Å². The number of ketones is 1. The van der Waals surface area contributed by atoms with E-state index in [0.29, 0.717) is 12.8 Å². The van der Waals surface area contributed by atoms with E-state index in [1.54, 1.807) is 31.3 Å². The highest BCUT2D eigenvalue weighted by molar-refractivity contribution is 7.18. The first-order chi connectivity index (χ1) is 21.8. The summed E-state index contributed by atoms with van der Waals surface area (Å²) < 4.78 is 19.7. The number of ether oxygens (including phenoxy) is 2. The quantitative estimate of drug-likeness (QED) is 0.182. The lowest BCUT2D eigenvalue weighted by molar-refractivity contribution is -0.155. The van der Waals surface area contributed by atoms with Gasteiger partial charge in [0.1, 0.15) is 18.0 Å². The summed E-state index contributed by atoms with van der Waals surface area (Å²) in [6.07, 6.45) is 2.95. The molecular weight excluding hydrogens is 631 g/mol. The molecule has 0 amide bonds. The Morgan fingerprint density at radius 1 is 1.23 bits per heavy atom. The minimum absolute atomic E-state index is 0.136. The van der Waals surface area contributed by atoms with E-state index in [2.05, 4.69) is 58.4 Å². The van der Waals surface area contributed by atoms with Gasteiger partial charge in [-0.2, -0.15) is 0 Å². The van der Waals surface area contributed by atoms with Gasteiger partial charge in [-0.1, -0.05) is 65.3 Å². The number of hydrogen-bond acceptors (Lipinski definition) is 8. The summed E-state index contributed by atoms with van der Waals surface area (Å²) in [6.45, 7) is 24.0. The van der Waals surface area contributed by atoms with Crippen molar-refractivity contribution in [1.29, 1.82) is 0 Å². The van der Waals surface area contributed by atoms with Crippen LogP contribution >= 0.6 is 11.3 Å². The molecule has 1 aromatic carbocycles. The number of thiazole rings is 1. The molecule has 0 unspecified atom stereocenters. The van der Waals surface area contributed by atoms with Crippen LogP contribution in [0.2, 0.25) is 18.1 Å². The molecule has 5 atom stereocenters. The van der Waals surface area contributed by atoms with Gasteiger partial charge in [-0.05, 0) is 81.3 Å². The van der Waals surface area contributed by atoms with Crippen LogP contribution in [0.15, 0.2) is 42.5 Å². The molecule has 8 nitrogen and oxygen atoms in total. The minimum atomic E-state index is -2.50. The number of Topliss-reactive ketones (excluding diaryl/α,β-unsaturated/α-hetero) is 1. The zero-order valence-electron chi connectivity index (χ0n) is 30.0. The molecule has 1 aliphatic heterocycles. The van der Waals surface area contributed by atoms with Crippen LogP contribution < -0.4 is 0 Å². The predicted octanol–water partition coefficient (Wildman–Crippen LogP) is 9.98. The average Bonchev–Trinajstić information content (AvgIpc) is 3.34. The largest absolute Gasteiger partial charge is 0.506 e. The van der Waals surface area contributed by atoms with Gasteiger partial charge in [0.15, 0.2) is 8.32 Å². The maximum atomic E-state index is 14.7. The van der Waals surface area contributed by atoms with Crippen molar-refractivity contribution in [3.63, 3.8) is 0 Å².